The van der Waals surface area contributed by atoms with Crippen molar-refractivity contribution in [1.29, 1.82) is 0 Å². The van der Waals surface area contributed by atoms with Crippen molar-refractivity contribution in [2.24, 2.45) is 5.92 Å². The zero-order valence-electron chi connectivity index (χ0n) is 18.7. The molecule has 0 unspecified atom stereocenters. The standard InChI is InChI=1S/C23H29N5O3S/c1-16(2)28-22-10-9-20(13-21(22)25-26-28)32(30,31)27-11-5-8-19(15-27)23(29)24-14-18-7-4-6-17(3)12-18/h4,6-7,9-10,12-13,16,19H,5,8,11,14-15H2,1-3H3,(H,24,29)/t19-/m0/s1. The number of carbonyl (C=O) groups is 1. The van der Waals surface area contributed by atoms with Crippen molar-refractivity contribution in [1.82, 2.24) is 24.6 Å². The van der Waals surface area contributed by atoms with E-state index < -0.39 is 10.0 Å². The van der Waals surface area contributed by atoms with Gasteiger partial charge in [-0.25, -0.2) is 13.1 Å². The lowest BCUT2D eigenvalue weighted by atomic mass is 9.98. The summed E-state index contributed by atoms with van der Waals surface area (Å²) in [6.45, 7) is 7.02. The Balaban J connectivity index is 1.47. The smallest absolute Gasteiger partial charge is 0.243 e. The molecule has 1 saturated heterocycles. The van der Waals surface area contributed by atoms with Gasteiger partial charge in [0.05, 0.1) is 16.3 Å². The van der Waals surface area contributed by atoms with Gasteiger partial charge in [0.15, 0.2) is 0 Å². The van der Waals surface area contributed by atoms with Gasteiger partial charge in [-0.1, -0.05) is 35.0 Å². The minimum Gasteiger partial charge on any atom is -0.352 e. The molecule has 3 aromatic rings. The number of rotatable bonds is 6. The average molecular weight is 456 g/mol. The third kappa shape index (κ3) is 4.54. The van der Waals surface area contributed by atoms with E-state index in [0.29, 0.717) is 31.4 Å². The average Bonchev–Trinajstić information content (AvgIpc) is 3.21. The van der Waals surface area contributed by atoms with Gasteiger partial charge < -0.3 is 5.32 Å². The number of piperidine rings is 1. The number of aryl methyl sites for hydroxylation is 1. The van der Waals surface area contributed by atoms with Crippen LogP contribution in [0.3, 0.4) is 0 Å². The summed E-state index contributed by atoms with van der Waals surface area (Å²) in [5.41, 5.74) is 3.51. The van der Waals surface area contributed by atoms with E-state index >= 15 is 0 Å². The van der Waals surface area contributed by atoms with Crippen LogP contribution in [0.5, 0.6) is 0 Å². The summed E-state index contributed by atoms with van der Waals surface area (Å²) in [6, 6.07) is 13.0. The molecule has 1 fully saturated rings. The lowest BCUT2D eigenvalue weighted by Crippen LogP contribution is -2.45. The van der Waals surface area contributed by atoms with Crippen molar-refractivity contribution in [3.8, 4) is 0 Å². The molecule has 8 nitrogen and oxygen atoms in total. The number of sulfonamides is 1. The van der Waals surface area contributed by atoms with Crippen LogP contribution in [0.2, 0.25) is 0 Å². The first-order chi connectivity index (χ1) is 15.3. The molecule has 0 spiro atoms. The fourth-order valence-corrected chi connectivity index (χ4v) is 5.69. The summed E-state index contributed by atoms with van der Waals surface area (Å²) in [4.78, 5) is 12.9. The molecule has 0 radical (unpaired) electrons. The molecule has 0 saturated carbocycles. The Bertz CT molecular complexity index is 1240. The number of benzene rings is 2. The molecule has 1 aromatic heterocycles. The number of fused-ring (bicyclic) bond motifs is 1. The Morgan fingerprint density at radius 2 is 2.03 bits per heavy atom. The van der Waals surface area contributed by atoms with Gasteiger partial charge in [0.2, 0.25) is 15.9 Å². The second-order valence-corrected chi connectivity index (χ2v) is 10.6. The van der Waals surface area contributed by atoms with Crippen molar-refractivity contribution in [2.75, 3.05) is 13.1 Å². The Hall–Kier alpha value is -2.78. The molecule has 1 atom stereocenters. The maximum absolute atomic E-state index is 13.3. The van der Waals surface area contributed by atoms with E-state index in [0.717, 1.165) is 16.6 Å². The Morgan fingerprint density at radius 3 is 2.78 bits per heavy atom. The van der Waals surface area contributed by atoms with Crippen LogP contribution >= 0.6 is 0 Å². The van der Waals surface area contributed by atoms with Gasteiger partial charge >= 0.3 is 0 Å². The predicted molar refractivity (Wildman–Crippen MR) is 122 cm³/mol. The number of hydrogen-bond acceptors (Lipinski definition) is 5. The summed E-state index contributed by atoms with van der Waals surface area (Å²) in [6.07, 6.45) is 1.32. The molecular formula is C23H29N5O3S. The molecule has 32 heavy (non-hydrogen) atoms. The largest absolute Gasteiger partial charge is 0.352 e. The second-order valence-electron chi connectivity index (χ2n) is 8.69. The number of carbonyl (C=O) groups excluding carboxylic acids is 1. The van der Waals surface area contributed by atoms with E-state index in [9.17, 15) is 13.2 Å². The van der Waals surface area contributed by atoms with Crippen LogP contribution in [0.25, 0.3) is 11.0 Å². The van der Waals surface area contributed by atoms with Crippen LogP contribution in [0.1, 0.15) is 43.9 Å². The lowest BCUT2D eigenvalue weighted by molar-refractivity contribution is -0.126. The maximum Gasteiger partial charge on any atom is 0.243 e. The van der Waals surface area contributed by atoms with Gasteiger partial charge in [-0.2, -0.15) is 4.31 Å². The summed E-state index contributed by atoms with van der Waals surface area (Å²) in [7, 11) is -3.73. The molecule has 9 heteroatoms. The van der Waals surface area contributed by atoms with Crippen molar-refractivity contribution >= 4 is 27.0 Å². The highest BCUT2D eigenvalue weighted by Crippen LogP contribution is 2.26. The molecule has 2 aromatic carbocycles. The zero-order chi connectivity index (χ0) is 22.9. The topological polar surface area (TPSA) is 97.2 Å². The first-order valence-electron chi connectivity index (χ1n) is 10.9. The Morgan fingerprint density at radius 1 is 1.22 bits per heavy atom. The first kappa shape index (κ1) is 22.4. The monoisotopic (exact) mass is 455 g/mol. The summed E-state index contributed by atoms with van der Waals surface area (Å²) < 4.78 is 29.8. The molecule has 2 heterocycles. The zero-order valence-corrected chi connectivity index (χ0v) is 19.5. The fourth-order valence-electron chi connectivity index (χ4n) is 4.14. The predicted octanol–water partition coefficient (Wildman–Crippen LogP) is 3.04. The molecule has 0 aliphatic carbocycles. The van der Waals surface area contributed by atoms with Crippen LogP contribution in [0, 0.1) is 12.8 Å². The van der Waals surface area contributed by atoms with Gasteiger partial charge in [0, 0.05) is 25.7 Å². The second kappa shape index (κ2) is 8.99. The molecule has 1 N–H and O–H groups in total. The van der Waals surface area contributed by atoms with E-state index in [-0.39, 0.29) is 29.3 Å². The van der Waals surface area contributed by atoms with E-state index in [2.05, 4.69) is 15.6 Å². The number of aromatic nitrogens is 3. The van der Waals surface area contributed by atoms with Gasteiger partial charge in [-0.3, -0.25) is 4.79 Å². The minimum absolute atomic E-state index is 0.110. The van der Waals surface area contributed by atoms with Crippen molar-refractivity contribution in [2.45, 2.75) is 51.1 Å². The fraction of sp³-hybridized carbons (Fsp3) is 0.435. The Labute approximate surface area is 188 Å². The van der Waals surface area contributed by atoms with E-state index in [1.165, 1.54) is 4.31 Å². The van der Waals surface area contributed by atoms with Crippen LogP contribution in [0.15, 0.2) is 47.4 Å². The van der Waals surface area contributed by atoms with E-state index in [4.69, 9.17) is 0 Å². The number of nitrogens with zero attached hydrogens (tertiary/aromatic N) is 4. The van der Waals surface area contributed by atoms with E-state index in [1.54, 1.807) is 22.9 Å². The highest BCUT2D eigenvalue weighted by Gasteiger charge is 2.33. The first-order valence-corrected chi connectivity index (χ1v) is 12.4. The van der Waals surface area contributed by atoms with Gasteiger partial charge in [-0.05, 0) is 57.4 Å². The molecular weight excluding hydrogens is 426 g/mol. The summed E-state index contributed by atoms with van der Waals surface area (Å²) in [5.74, 6) is -0.476. The number of nitrogens with one attached hydrogen (secondary N) is 1. The highest BCUT2D eigenvalue weighted by molar-refractivity contribution is 7.89. The molecule has 1 aliphatic heterocycles. The normalized spacial score (nSPS) is 17.7. The SMILES string of the molecule is Cc1cccc(CNC(=O)[C@H]2CCCN(S(=O)(=O)c3ccc4c(c3)nnn4C(C)C)C2)c1. The lowest BCUT2D eigenvalue weighted by Gasteiger charge is -2.31. The van der Waals surface area contributed by atoms with Crippen LogP contribution < -0.4 is 5.32 Å². The number of hydrogen-bond donors (Lipinski definition) is 1. The molecule has 0 bridgehead atoms. The van der Waals surface area contributed by atoms with Crippen molar-refractivity contribution in [3.63, 3.8) is 0 Å². The van der Waals surface area contributed by atoms with Crippen molar-refractivity contribution < 1.29 is 13.2 Å². The number of amides is 1. The minimum atomic E-state index is -3.73. The van der Waals surface area contributed by atoms with Crippen LogP contribution in [-0.2, 0) is 21.4 Å². The Kier molecular flexibility index (Phi) is 6.30. The van der Waals surface area contributed by atoms with Crippen LogP contribution in [0.4, 0.5) is 0 Å². The summed E-state index contributed by atoms with van der Waals surface area (Å²) in [5, 5.41) is 11.2. The molecule has 4 rings (SSSR count). The van der Waals surface area contributed by atoms with Gasteiger partial charge in [-0.15, -0.1) is 5.10 Å². The highest BCUT2D eigenvalue weighted by atomic mass is 32.2. The van der Waals surface area contributed by atoms with Gasteiger partial charge in [0.25, 0.3) is 0 Å². The van der Waals surface area contributed by atoms with Gasteiger partial charge in [0.1, 0.15) is 5.52 Å². The third-order valence-corrected chi connectivity index (χ3v) is 7.73. The summed E-state index contributed by atoms with van der Waals surface area (Å²) >= 11 is 0. The maximum atomic E-state index is 13.3. The molecule has 1 aliphatic rings. The van der Waals surface area contributed by atoms with E-state index in [1.807, 2.05) is 45.0 Å². The van der Waals surface area contributed by atoms with Crippen molar-refractivity contribution in [3.05, 3.63) is 53.6 Å². The van der Waals surface area contributed by atoms with Crippen LogP contribution in [-0.4, -0.2) is 46.7 Å². The molecule has 170 valence electrons. The quantitative estimate of drug-likeness (QED) is 0.616. The molecule has 1 amide bonds. The third-order valence-electron chi connectivity index (χ3n) is 5.87.